The third-order valence-electron chi connectivity index (χ3n) is 2.74. The van der Waals surface area contributed by atoms with Crippen molar-refractivity contribution in [3.63, 3.8) is 0 Å². The topological polar surface area (TPSA) is 64.3 Å². The molecule has 0 aliphatic heterocycles. The van der Waals surface area contributed by atoms with Gasteiger partial charge in [-0.05, 0) is 49.4 Å². The van der Waals surface area contributed by atoms with E-state index in [-0.39, 0.29) is 5.69 Å². The minimum atomic E-state index is -0.799. The van der Waals surface area contributed by atoms with Crippen molar-refractivity contribution in [2.75, 3.05) is 11.1 Å². The van der Waals surface area contributed by atoms with E-state index < -0.39 is 17.8 Å². The van der Waals surface area contributed by atoms with Crippen molar-refractivity contribution in [2.45, 2.75) is 13.0 Å². The van der Waals surface area contributed by atoms with E-state index in [0.29, 0.717) is 16.5 Å². The number of ether oxygens (including phenoxy) is 1. The number of halogens is 2. The van der Waals surface area contributed by atoms with Crippen LogP contribution >= 0.6 is 11.6 Å². The Bertz CT molecular complexity index is 647. The number of amides is 1. The summed E-state index contributed by atoms with van der Waals surface area (Å²) < 4.78 is 19.0. The molecule has 0 saturated carbocycles. The molecule has 6 heteroatoms. The van der Waals surface area contributed by atoms with Crippen LogP contribution in [0, 0.1) is 5.82 Å². The molecule has 4 nitrogen and oxygen atoms in total. The molecule has 0 aliphatic rings. The molecule has 1 atom stereocenters. The van der Waals surface area contributed by atoms with Crippen molar-refractivity contribution in [3.8, 4) is 5.75 Å². The van der Waals surface area contributed by atoms with Crippen LogP contribution in [0.1, 0.15) is 6.92 Å². The molecule has 2 aromatic carbocycles. The van der Waals surface area contributed by atoms with Gasteiger partial charge in [-0.2, -0.15) is 0 Å². The fourth-order valence-electron chi connectivity index (χ4n) is 1.64. The van der Waals surface area contributed by atoms with Crippen LogP contribution in [0.5, 0.6) is 5.75 Å². The van der Waals surface area contributed by atoms with Crippen LogP contribution in [0.15, 0.2) is 42.5 Å². The van der Waals surface area contributed by atoms with E-state index in [4.69, 9.17) is 22.1 Å². The average Bonchev–Trinajstić information content (AvgIpc) is 2.45. The zero-order valence-corrected chi connectivity index (χ0v) is 12.0. The van der Waals surface area contributed by atoms with Gasteiger partial charge in [-0.3, -0.25) is 4.79 Å². The lowest BCUT2D eigenvalue weighted by molar-refractivity contribution is -0.122. The van der Waals surface area contributed by atoms with Gasteiger partial charge in [0.1, 0.15) is 11.6 Å². The van der Waals surface area contributed by atoms with Crippen molar-refractivity contribution < 1.29 is 13.9 Å². The Morgan fingerprint density at radius 2 is 1.95 bits per heavy atom. The number of benzene rings is 2. The van der Waals surface area contributed by atoms with Crippen LogP contribution in [0.3, 0.4) is 0 Å². The van der Waals surface area contributed by atoms with Gasteiger partial charge in [-0.15, -0.1) is 0 Å². The third-order valence-corrected chi connectivity index (χ3v) is 3.00. The Hall–Kier alpha value is -2.27. The molecule has 0 saturated heterocycles. The molecule has 110 valence electrons. The maximum atomic E-state index is 13.5. The second-order valence-corrected chi connectivity index (χ2v) is 4.88. The maximum Gasteiger partial charge on any atom is 0.265 e. The monoisotopic (exact) mass is 308 g/mol. The summed E-state index contributed by atoms with van der Waals surface area (Å²) in [5, 5.41) is 3.01. The minimum absolute atomic E-state index is 0.0200. The van der Waals surface area contributed by atoms with Gasteiger partial charge in [-0.1, -0.05) is 11.6 Å². The summed E-state index contributed by atoms with van der Waals surface area (Å²) in [4.78, 5) is 12.0. The largest absolute Gasteiger partial charge is 0.481 e. The highest BCUT2D eigenvalue weighted by Crippen LogP contribution is 2.19. The van der Waals surface area contributed by atoms with Crippen LogP contribution in [-0.4, -0.2) is 12.0 Å². The van der Waals surface area contributed by atoms with Gasteiger partial charge in [0.05, 0.1) is 5.69 Å². The zero-order chi connectivity index (χ0) is 15.4. The van der Waals surface area contributed by atoms with Crippen LogP contribution in [0.2, 0.25) is 5.02 Å². The third kappa shape index (κ3) is 4.10. The van der Waals surface area contributed by atoms with E-state index >= 15 is 0 Å². The summed E-state index contributed by atoms with van der Waals surface area (Å²) in [5.74, 6) is -0.541. The summed E-state index contributed by atoms with van der Waals surface area (Å²) in [7, 11) is 0. The summed E-state index contributed by atoms with van der Waals surface area (Å²) in [6, 6.07) is 10.6. The molecule has 0 bridgehead atoms. The Labute approximate surface area is 126 Å². The lowest BCUT2D eigenvalue weighted by Crippen LogP contribution is -2.30. The lowest BCUT2D eigenvalue weighted by atomic mass is 10.2. The number of nitrogens with one attached hydrogen (secondary N) is 1. The minimum Gasteiger partial charge on any atom is -0.481 e. The summed E-state index contributed by atoms with van der Waals surface area (Å²) in [5.41, 5.74) is 5.93. The van der Waals surface area contributed by atoms with Crippen molar-refractivity contribution >= 4 is 28.9 Å². The van der Waals surface area contributed by atoms with Gasteiger partial charge in [-0.25, -0.2) is 4.39 Å². The first-order valence-corrected chi connectivity index (χ1v) is 6.61. The Morgan fingerprint density at radius 1 is 1.29 bits per heavy atom. The molecule has 0 spiro atoms. The molecule has 21 heavy (non-hydrogen) atoms. The highest BCUT2D eigenvalue weighted by Gasteiger charge is 2.16. The maximum absolute atomic E-state index is 13.5. The molecule has 0 heterocycles. The molecule has 0 aliphatic carbocycles. The molecular formula is C15H14ClFN2O2. The molecular weight excluding hydrogens is 295 g/mol. The first-order valence-electron chi connectivity index (χ1n) is 6.24. The van der Waals surface area contributed by atoms with E-state index in [1.165, 1.54) is 18.2 Å². The van der Waals surface area contributed by atoms with Crippen LogP contribution in [0.4, 0.5) is 15.8 Å². The van der Waals surface area contributed by atoms with Crippen LogP contribution < -0.4 is 15.8 Å². The predicted molar refractivity (Wildman–Crippen MR) is 81.0 cm³/mol. The number of nitrogens with two attached hydrogens (primary N) is 1. The molecule has 0 fully saturated rings. The average molecular weight is 309 g/mol. The van der Waals surface area contributed by atoms with Gasteiger partial charge in [0.25, 0.3) is 5.91 Å². The normalized spacial score (nSPS) is 11.8. The van der Waals surface area contributed by atoms with Crippen molar-refractivity contribution in [1.82, 2.24) is 0 Å². The Kier molecular flexibility index (Phi) is 4.65. The molecule has 0 radical (unpaired) electrons. The fourth-order valence-corrected chi connectivity index (χ4v) is 1.77. The first-order chi connectivity index (χ1) is 9.95. The highest BCUT2D eigenvalue weighted by atomic mass is 35.5. The van der Waals surface area contributed by atoms with E-state index in [0.717, 1.165) is 0 Å². The van der Waals surface area contributed by atoms with E-state index in [1.807, 2.05) is 0 Å². The number of anilines is 2. The summed E-state index contributed by atoms with van der Waals surface area (Å²) >= 11 is 5.76. The van der Waals surface area contributed by atoms with Crippen molar-refractivity contribution in [3.05, 3.63) is 53.3 Å². The van der Waals surface area contributed by atoms with E-state index in [9.17, 15) is 9.18 Å². The standard InChI is InChI=1S/C15H14ClFN2O2/c1-9(21-12-5-2-10(16)3-6-12)15(20)19-14-8-11(18)4-7-13(14)17/h2-9H,18H2,1H3,(H,19,20)/t9-/m0/s1. The highest BCUT2D eigenvalue weighted by molar-refractivity contribution is 6.30. The van der Waals surface area contributed by atoms with Crippen LogP contribution in [0.25, 0.3) is 0 Å². The van der Waals surface area contributed by atoms with Gasteiger partial charge >= 0.3 is 0 Å². The second-order valence-electron chi connectivity index (χ2n) is 4.44. The quantitative estimate of drug-likeness (QED) is 0.850. The number of carbonyl (C=O) groups excluding carboxylic acids is 1. The lowest BCUT2D eigenvalue weighted by Gasteiger charge is -2.15. The number of hydrogen-bond donors (Lipinski definition) is 2. The van der Waals surface area contributed by atoms with Gasteiger partial charge in [0.2, 0.25) is 0 Å². The number of carbonyl (C=O) groups is 1. The molecule has 0 unspecified atom stereocenters. The smallest absolute Gasteiger partial charge is 0.265 e. The SMILES string of the molecule is C[C@H](Oc1ccc(Cl)cc1)C(=O)Nc1cc(N)ccc1F. The predicted octanol–water partition coefficient (Wildman–Crippen LogP) is 3.47. The van der Waals surface area contributed by atoms with E-state index in [1.54, 1.807) is 31.2 Å². The van der Waals surface area contributed by atoms with Crippen molar-refractivity contribution in [2.24, 2.45) is 0 Å². The zero-order valence-electron chi connectivity index (χ0n) is 11.3. The molecule has 0 aromatic heterocycles. The van der Waals surface area contributed by atoms with Gasteiger partial charge in [0.15, 0.2) is 6.10 Å². The van der Waals surface area contributed by atoms with Crippen molar-refractivity contribution in [1.29, 1.82) is 0 Å². The molecule has 2 rings (SSSR count). The van der Waals surface area contributed by atoms with Gasteiger partial charge < -0.3 is 15.8 Å². The van der Waals surface area contributed by atoms with Crippen LogP contribution in [-0.2, 0) is 4.79 Å². The first kappa shape index (κ1) is 15.1. The fraction of sp³-hybridized carbons (Fsp3) is 0.133. The summed E-state index contributed by atoms with van der Waals surface area (Å²) in [6.07, 6.45) is -0.799. The number of hydrogen-bond acceptors (Lipinski definition) is 3. The van der Waals surface area contributed by atoms with Gasteiger partial charge in [0, 0.05) is 10.7 Å². The number of nitrogen functional groups attached to an aromatic ring is 1. The molecule has 2 aromatic rings. The number of rotatable bonds is 4. The molecule has 1 amide bonds. The Balaban J connectivity index is 2.02. The Morgan fingerprint density at radius 3 is 2.62 bits per heavy atom. The summed E-state index contributed by atoms with van der Waals surface area (Å²) in [6.45, 7) is 1.56. The van der Waals surface area contributed by atoms with E-state index in [2.05, 4.69) is 5.32 Å². The molecule has 3 N–H and O–H groups in total. The second kappa shape index (κ2) is 6.45.